The number of nitrogens with zero attached hydrogens (tertiary/aromatic N) is 3. The molecule has 2 radical (unpaired) electrons. The maximum absolute atomic E-state index is 9.57. The van der Waals surface area contributed by atoms with Crippen LogP contribution in [0.4, 0.5) is 0 Å². The summed E-state index contributed by atoms with van der Waals surface area (Å²) < 4.78 is 5.05. The minimum Gasteiger partial charge on any atom is -0.565 e. The fraction of sp³-hybridized carbons (Fsp3) is 0.312. The molecule has 0 bridgehead atoms. The number of hydrogen-bond acceptors (Lipinski definition) is 5. The first-order valence-corrected chi connectivity index (χ1v) is 7.61. The van der Waals surface area contributed by atoms with Crippen molar-refractivity contribution >= 4 is 30.7 Å². The smallest absolute Gasteiger partial charge is 0.374 e. The van der Waals surface area contributed by atoms with E-state index in [2.05, 4.69) is 16.0 Å². The Labute approximate surface area is 135 Å². The van der Waals surface area contributed by atoms with Gasteiger partial charge >= 0.3 is 8.05 Å². The molecule has 6 heteroatoms. The van der Waals surface area contributed by atoms with Crippen LogP contribution in [-0.4, -0.2) is 18.0 Å². The van der Waals surface area contributed by atoms with Crippen LogP contribution < -0.4 is 0 Å². The lowest BCUT2D eigenvalue weighted by molar-refractivity contribution is 0.569. The second-order valence-electron chi connectivity index (χ2n) is 5.15. The lowest BCUT2D eigenvalue weighted by Gasteiger charge is -2.13. The van der Waals surface area contributed by atoms with Crippen LogP contribution in [0.5, 0.6) is 0 Å². The van der Waals surface area contributed by atoms with E-state index in [1.54, 1.807) is 0 Å². The quantitative estimate of drug-likeness (QED) is 0.494. The van der Waals surface area contributed by atoms with E-state index in [0.29, 0.717) is 16.3 Å². The fourth-order valence-corrected chi connectivity index (χ4v) is 3.04. The van der Waals surface area contributed by atoms with E-state index in [1.807, 2.05) is 40.7 Å². The molecule has 0 N–H and O–H groups in total. The molecule has 0 saturated carbocycles. The van der Waals surface area contributed by atoms with Crippen molar-refractivity contribution in [2.24, 2.45) is 0 Å². The molecular weight excluding hydrogens is 293 g/mol. The minimum atomic E-state index is 0.264. The summed E-state index contributed by atoms with van der Waals surface area (Å²) >= 11 is 1.44. The topological polar surface area (TPSA) is 58.8 Å². The van der Waals surface area contributed by atoms with Crippen molar-refractivity contribution < 1.29 is 4.65 Å². The van der Waals surface area contributed by atoms with Crippen molar-refractivity contribution in [3.05, 3.63) is 44.2 Å². The Kier molecular flexibility index (Phi) is 4.67. The second kappa shape index (κ2) is 6.33. The van der Waals surface area contributed by atoms with Crippen LogP contribution in [0, 0.1) is 45.9 Å². The predicted octanol–water partition coefficient (Wildman–Crippen LogP) is 3.57. The van der Waals surface area contributed by atoms with Gasteiger partial charge in [0, 0.05) is 10.6 Å². The third kappa shape index (κ3) is 2.90. The van der Waals surface area contributed by atoms with E-state index >= 15 is 0 Å². The number of hydrogen-bond donors (Lipinski definition) is 0. The van der Waals surface area contributed by atoms with E-state index in [9.17, 15) is 5.26 Å². The lowest BCUT2D eigenvalue weighted by atomic mass is 10.0. The van der Waals surface area contributed by atoms with Gasteiger partial charge in [-0.05, 0) is 51.8 Å². The number of allylic oxidation sites excluding steroid dienone is 1. The van der Waals surface area contributed by atoms with Gasteiger partial charge in [0.05, 0.1) is 5.69 Å². The van der Waals surface area contributed by atoms with Crippen LogP contribution in [0.25, 0.3) is 11.3 Å². The predicted molar refractivity (Wildman–Crippen MR) is 89.3 cm³/mol. The molecule has 0 atom stereocenters. The molecule has 0 aliphatic heterocycles. The summed E-state index contributed by atoms with van der Waals surface area (Å²) in [5, 5.41) is 10.2. The Morgan fingerprint density at radius 3 is 2.41 bits per heavy atom. The van der Waals surface area contributed by atoms with Crippen LogP contribution in [0.1, 0.15) is 38.1 Å². The first-order chi connectivity index (χ1) is 10.4. The molecule has 2 rings (SSSR count). The van der Waals surface area contributed by atoms with Gasteiger partial charge in [-0.25, -0.2) is 9.97 Å². The molecule has 0 fully saturated rings. The first-order valence-electron chi connectivity index (χ1n) is 6.79. The molecule has 0 saturated heterocycles. The van der Waals surface area contributed by atoms with Crippen LogP contribution >= 0.6 is 11.3 Å². The molecule has 0 aliphatic carbocycles. The second-order valence-corrected chi connectivity index (χ2v) is 6.35. The van der Waals surface area contributed by atoms with Crippen molar-refractivity contribution in [3.63, 3.8) is 0 Å². The minimum absolute atomic E-state index is 0.264. The summed E-state index contributed by atoms with van der Waals surface area (Å²) in [6, 6.07) is 4.14. The van der Waals surface area contributed by atoms with Crippen molar-refractivity contribution in [1.82, 2.24) is 9.97 Å². The zero-order valence-corrected chi connectivity index (χ0v) is 14.1. The van der Waals surface area contributed by atoms with Gasteiger partial charge in [0.1, 0.15) is 28.1 Å². The number of aryl methyl sites for hydroxylation is 4. The van der Waals surface area contributed by atoms with E-state index in [4.69, 9.17) is 12.7 Å². The highest BCUT2D eigenvalue weighted by atomic mass is 32.1. The van der Waals surface area contributed by atoms with E-state index in [1.165, 1.54) is 11.3 Å². The molecule has 22 heavy (non-hydrogen) atoms. The molecular formula is C16H16BN3OS. The zero-order valence-electron chi connectivity index (χ0n) is 13.3. The molecule has 0 unspecified atom stereocenters. The third-order valence-corrected chi connectivity index (χ3v) is 4.66. The largest absolute Gasteiger partial charge is 0.565 e. The molecule has 4 nitrogen and oxygen atoms in total. The normalized spacial score (nSPS) is 11.8. The van der Waals surface area contributed by atoms with Crippen molar-refractivity contribution in [3.8, 4) is 6.07 Å². The molecule has 110 valence electrons. The highest BCUT2D eigenvalue weighted by Gasteiger charge is 2.19. The summed E-state index contributed by atoms with van der Waals surface area (Å²) in [6.45, 7) is 9.70. The van der Waals surface area contributed by atoms with Crippen LogP contribution in [0.3, 0.4) is 0 Å². The summed E-state index contributed by atoms with van der Waals surface area (Å²) in [5.41, 5.74) is 4.64. The summed E-state index contributed by atoms with van der Waals surface area (Å²) in [4.78, 5) is 9.98. The monoisotopic (exact) mass is 309 g/mol. The Morgan fingerprint density at radius 2 is 1.91 bits per heavy atom. The summed E-state index contributed by atoms with van der Waals surface area (Å²) in [7, 11) is 5.46. The van der Waals surface area contributed by atoms with Gasteiger partial charge in [-0.3, -0.25) is 0 Å². The van der Waals surface area contributed by atoms with Crippen LogP contribution in [-0.2, 0) is 4.65 Å². The van der Waals surface area contributed by atoms with Crippen LogP contribution in [0.15, 0.2) is 6.07 Å². The Balaban J connectivity index is 2.75. The SMILES string of the molecule is [B]OC(=C(C#N)c1nc(C)c(C)s1)c1nc(C)cc(C)c1C. The van der Waals surface area contributed by atoms with Gasteiger partial charge < -0.3 is 4.65 Å². The fourth-order valence-electron chi connectivity index (χ4n) is 2.13. The average Bonchev–Trinajstić information content (AvgIpc) is 2.79. The summed E-state index contributed by atoms with van der Waals surface area (Å²) in [5.74, 6) is 0.264. The van der Waals surface area contributed by atoms with Gasteiger partial charge in [-0.2, -0.15) is 5.26 Å². The first kappa shape index (κ1) is 16.2. The van der Waals surface area contributed by atoms with E-state index in [-0.39, 0.29) is 5.76 Å². The maximum Gasteiger partial charge on any atom is 0.374 e. The number of aromatic nitrogens is 2. The molecule has 2 aromatic rings. The number of pyridine rings is 1. The van der Waals surface area contributed by atoms with Gasteiger partial charge in [-0.1, -0.05) is 0 Å². The molecule has 2 aromatic heterocycles. The highest BCUT2D eigenvalue weighted by molar-refractivity contribution is 7.13. The van der Waals surface area contributed by atoms with Gasteiger partial charge in [0.15, 0.2) is 0 Å². The van der Waals surface area contributed by atoms with Gasteiger partial charge in [0.25, 0.3) is 0 Å². The van der Waals surface area contributed by atoms with Crippen molar-refractivity contribution in [1.29, 1.82) is 5.26 Å². The van der Waals surface area contributed by atoms with Crippen molar-refractivity contribution in [2.75, 3.05) is 0 Å². The Bertz CT molecular complexity index is 783. The third-order valence-electron chi connectivity index (χ3n) is 3.57. The standard InChI is InChI=1S/C16H16BN3OS/c1-8-6-9(2)19-14(10(8)3)15(21-17)13(7-18)16-20-11(4)12(5)22-16/h6H,1-5H3. The Hall–Kier alpha value is -2.13. The molecule has 0 aliphatic rings. The van der Waals surface area contributed by atoms with Gasteiger partial charge in [0.2, 0.25) is 0 Å². The van der Waals surface area contributed by atoms with Crippen LogP contribution in [0.2, 0.25) is 0 Å². The highest BCUT2D eigenvalue weighted by Crippen LogP contribution is 2.31. The maximum atomic E-state index is 9.57. The summed E-state index contributed by atoms with van der Waals surface area (Å²) in [6.07, 6.45) is 0. The van der Waals surface area contributed by atoms with E-state index < -0.39 is 0 Å². The zero-order chi connectivity index (χ0) is 16.4. The molecule has 0 amide bonds. The number of thiazole rings is 1. The molecule has 0 spiro atoms. The van der Waals surface area contributed by atoms with Crippen molar-refractivity contribution in [2.45, 2.75) is 34.6 Å². The average molecular weight is 309 g/mol. The number of nitriles is 1. The number of rotatable bonds is 3. The Morgan fingerprint density at radius 1 is 1.23 bits per heavy atom. The lowest BCUT2D eigenvalue weighted by Crippen LogP contribution is -2.03. The van der Waals surface area contributed by atoms with E-state index in [0.717, 1.165) is 27.4 Å². The van der Waals surface area contributed by atoms with Gasteiger partial charge in [-0.15, -0.1) is 11.3 Å². The molecule has 0 aromatic carbocycles. The molecule has 2 heterocycles.